The van der Waals surface area contributed by atoms with Crippen molar-refractivity contribution in [3.05, 3.63) is 30.1 Å². The minimum absolute atomic E-state index is 0.0133. The number of carbonyl (C=O) groups excluding carboxylic acids is 1. The fourth-order valence-electron chi connectivity index (χ4n) is 1.77. The first kappa shape index (κ1) is 17.6. The first-order valence-electron chi connectivity index (χ1n) is 6.94. The summed E-state index contributed by atoms with van der Waals surface area (Å²) in [6, 6.07) is 4.59. The summed E-state index contributed by atoms with van der Waals surface area (Å²) in [5.41, 5.74) is 0. The summed E-state index contributed by atoms with van der Waals surface area (Å²) in [6.07, 6.45) is 1.37. The van der Waals surface area contributed by atoms with E-state index in [4.69, 9.17) is 0 Å². The summed E-state index contributed by atoms with van der Waals surface area (Å²) < 4.78 is 38.9. The number of benzene rings is 1. The predicted molar refractivity (Wildman–Crippen MR) is 78.8 cm³/mol. The molecule has 5 nitrogen and oxygen atoms in total. The third kappa shape index (κ3) is 5.09. The molecule has 0 saturated carbocycles. The maximum absolute atomic E-state index is 12.9. The summed E-state index contributed by atoms with van der Waals surface area (Å²) >= 11 is 0. The van der Waals surface area contributed by atoms with Gasteiger partial charge in [0.05, 0.1) is 11.4 Å². The molecule has 0 bridgehead atoms. The van der Waals surface area contributed by atoms with Crippen LogP contribution in [0, 0.1) is 5.82 Å². The number of nitrogens with one attached hydrogen (secondary N) is 1. The van der Waals surface area contributed by atoms with Gasteiger partial charge in [0, 0.05) is 13.1 Å². The van der Waals surface area contributed by atoms with E-state index < -0.39 is 15.8 Å². The fourth-order valence-corrected chi connectivity index (χ4v) is 3.26. The van der Waals surface area contributed by atoms with Gasteiger partial charge in [0.15, 0.2) is 0 Å². The number of halogens is 1. The summed E-state index contributed by atoms with van der Waals surface area (Å²) in [4.78, 5) is 11.7. The molecule has 0 fully saturated rings. The first-order chi connectivity index (χ1) is 9.91. The zero-order valence-corrected chi connectivity index (χ0v) is 13.1. The maximum Gasteiger partial charge on any atom is 0.243 e. The highest BCUT2D eigenvalue weighted by Crippen LogP contribution is 2.16. The summed E-state index contributed by atoms with van der Waals surface area (Å²) in [7, 11) is -3.79. The molecule has 0 aliphatic heterocycles. The van der Waals surface area contributed by atoms with Crippen LogP contribution in [0.5, 0.6) is 0 Å². The first-order valence-corrected chi connectivity index (χ1v) is 8.38. The topological polar surface area (TPSA) is 66.5 Å². The van der Waals surface area contributed by atoms with Gasteiger partial charge >= 0.3 is 0 Å². The van der Waals surface area contributed by atoms with Gasteiger partial charge in [-0.15, -0.1) is 0 Å². The lowest BCUT2D eigenvalue weighted by molar-refractivity contribution is -0.121. The lowest BCUT2D eigenvalue weighted by Crippen LogP contribution is -2.41. The van der Waals surface area contributed by atoms with Crippen LogP contribution in [-0.2, 0) is 14.8 Å². The Labute approximate surface area is 125 Å². The molecule has 0 atom stereocenters. The highest BCUT2D eigenvalue weighted by molar-refractivity contribution is 7.89. The number of nitrogens with zero attached hydrogens (tertiary/aromatic N) is 1. The molecule has 0 spiro atoms. The molecule has 118 valence electrons. The van der Waals surface area contributed by atoms with Crippen molar-refractivity contribution in [3.63, 3.8) is 0 Å². The van der Waals surface area contributed by atoms with Crippen LogP contribution in [0.2, 0.25) is 0 Å². The fraction of sp³-hybridized carbons (Fsp3) is 0.500. The van der Waals surface area contributed by atoms with Gasteiger partial charge < -0.3 is 5.32 Å². The molecule has 1 rings (SSSR count). The van der Waals surface area contributed by atoms with Crippen molar-refractivity contribution < 1.29 is 17.6 Å². The molecule has 1 amide bonds. The van der Waals surface area contributed by atoms with Crippen LogP contribution in [0.15, 0.2) is 29.2 Å². The van der Waals surface area contributed by atoms with Gasteiger partial charge in [-0.3, -0.25) is 4.79 Å². The average Bonchev–Trinajstić information content (AvgIpc) is 2.45. The lowest BCUT2D eigenvalue weighted by atomic mass is 10.4. The number of carbonyl (C=O) groups is 1. The zero-order valence-electron chi connectivity index (χ0n) is 12.3. The second kappa shape index (κ2) is 8.09. The Balaban J connectivity index is 2.92. The molecule has 0 aliphatic carbocycles. The Kier molecular flexibility index (Phi) is 6.77. The third-order valence-electron chi connectivity index (χ3n) is 2.82. The summed E-state index contributed by atoms with van der Waals surface area (Å²) in [5.74, 6) is -0.840. The SMILES string of the molecule is CCCNC(=O)CN(CCC)S(=O)(=O)c1ccc(F)cc1. The summed E-state index contributed by atoms with van der Waals surface area (Å²) in [5, 5.41) is 2.65. The minimum Gasteiger partial charge on any atom is -0.355 e. The van der Waals surface area contributed by atoms with E-state index in [1.807, 2.05) is 13.8 Å². The monoisotopic (exact) mass is 316 g/mol. The van der Waals surface area contributed by atoms with E-state index in [2.05, 4.69) is 5.32 Å². The molecule has 1 aromatic rings. The molecule has 21 heavy (non-hydrogen) atoms. The normalized spacial score (nSPS) is 11.6. The maximum atomic E-state index is 12.9. The van der Waals surface area contributed by atoms with Gasteiger partial charge in [-0.1, -0.05) is 13.8 Å². The van der Waals surface area contributed by atoms with E-state index in [0.29, 0.717) is 13.0 Å². The van der Waals surface area contributed by atoms with E-state index in [-0.39, 0.29) is 23.9 Å². The molecule has 0 radical (unpaired) electrons. The third-order valence-corrected chi connectivity index (χ3v) is 4.68. The van der Waals surface area contributed by atoms with Crippen molar-refractivity contribution >= 4 is 15.9 Å². The molecule has 0 heterocycles. The molecule has 0 unspecified atom stereocenters. The van der Waals surface area contributed by atoms with E-state index in [0.717, 1.165) is 22.9 Å². The van der Waals surface area contributed by atoms with Crippen LogP contribution in [-0.4, -0.2) is 38.3 Å². The largest absolute Gasteiger partial charge is 0.355 e. The van der Waals surface area contributed by atoms with Crippen LogP contribution in [0.1, 0.15) is 26.7 Å². The van der Waals surface area contributed by atoms with Crippen molar-refractivity contribution in [2.45, 2.75) is 31.6 Å². The van der Waals surface area contributed by atoms with Crippen molar-refractivity contribution in [2.24, 2.45) is 0 Å². The highest BCUT2D eigenvalue weighted by atomic mass is 32.2. The standard InChI is InChI=1S/C14H21FN2O3S/c1-3-9-16-14(18)11-17(10-4-2)21(19,20)13-7-5-12(15)6-8-13/h5-8H,3-4,9-11H2,1-2H3,(H,16,18). The molecule has 0 aliphatic rings. The molecule has 0 saturated heterocycles. The van der Waals surface area contributed by atoms with Gasteiger partial charge in [-0.05, 0) is 37.1 Å². The van der Waals surface area contributed by atoms with Gasteiger partial charge in [0.1, 0.15) is 5.82 Å². The Bertz CT molecular complexity index is 558. The predicted octanol–water partition coefficient (Wildman–Crippen LogP) is 1.75. The van der Waals surface area contributed by atoms with E-state index in [1.165, 1.54) is 12.1 Å². The smallest absolute Gasteiger partial charge is 0.243 e. The summed E-state index contributed by atoms with van der Waals surface area (Å²) in [6.45, 7) is 4.26. The van der Waals surface area contributed by atoms with Crippen molar-refractivity contribution in [1.82, 2.24) is 9.62 Å². The van der Waals surface area contributed by atoms with Crippen LogP contribution >= 0.6 is 0 Å². The molecule has 7 heteroatoms. The number of hydrogen-bond donors (Lipinski definition) is 1. The molecular weight excluding hydrogens is 295 g/mol. The zero-order chi connectivity index (χ0) is 15.9. The van der Waals surface area contributed by atoms with Gasteiger partial charge in [-0.2, -0.15) is 4.31 Å². The van der Waals surface area contributed by atoms with Gasteiger partial charge in [0.25, 0.3) is 0 Å². The van der Waals surface area contributed by atoms with E-state index in [9.17, 15) is 17.6 Å². The second-order valence-electron chi connectivity index (χ2n) is 4.64. The Morgan fingerprint density at radius 3 is 2.33 bits per heavy atom. The van der Waals surface area contributed by atoms with Crippen LogP contribution < -0.4 is 5.32 Å². The van der Waals surface area contributed by atoms with Crippen LogP contribution in [0.25, 0.3) is 0 Å². The minimum atomic E-state index is -3.79. The van der Waals surface area contributed by atoms with Crippen LogP contribution in [0.3, 0.4) is 0 Å². The Morgan fingerprint density at radius 1 is 1.19 bits per heavy atom. The number of rotatable bonds is 8. The van der Waals surface area contributed by atoms with E-state index in [1.54, 1.807) is 0 Å². The molecule has 1 aromatic carbocycles. The molecular formula is C14H21FN2O3S. The van der Waals surface area contributed by atoms with Crippen molar-refractivity contribution in [3.8, 4) is 0 Å². The molecule has 0 aromatic heterocycles. The second-order valence-corrected chi connectivity index (χ2v) is 6.58. The number of hydrogen-bond acceptors (Lipinski definition) is 3. The van der Waals surface area contributed by atoms with Crippen LogP contribution in [0.4, 0.5) is 4.39 Å². The highest BCUT2D eigenvalue weighted by Gasteiger charge is 2.25. The quantitative estimate of drug-likeness (QED) is 0.794. The van der Waals surface area contributed by atoms with E-state index >= 15 is 0 Å². The number of amides is 1. The lowest BCUT2D eigenvalue weighted by Gasteiger charge is -2.21. The van der Waals surface area contributed by atoms with Gasteiger partial charge in [-0.25, -0.2) is 12.8 Å². The number of sulfonamides is 1. The van der Waals surface area contributed by atoms with Crippen molar-refractivity contribution in [2.75, 3.05) is 19.6 Å². The van der Waals surface area contributed by atoms with Crippen molar-refractivity contribution in [1.29, 1.82) is 0 Å². The van der Waals surface area contributed by atoms with Gasteiger partial charge in [0.2, 0.25) is 15.9 Å². The molecule has 1 N–H and O–H groups in total. The Hall–Kier alpha value is -1.47. The average molecular weight is 316 g/mol. The Morgan fingerprint density at radius 2 is 1.81 bits per heavy atom.